The first-order valence-electron chi connectivity index (χ1n) is 5.14. The lowest BCUT2D eigenvalue weighted by molar-refractivity contribution is 0.972. The predicted octanol–water partition coefficient (Wildman–Crippen LogP) is 2.48. The molecule has 0 bridgehead atoms. The fraction of sp³-hybridized carbons (Fsp3) is 0.273. The van der Waals surface area contributed by atoms with Crippen molar-refractivity contribution < 1.29 is 0 Å². The molecule has 0 atom stereocenters. The standard InChI is InChI=1S/C11H14N4S2/c1-15(2)10-13-14-11(17-10)16-7-8-5-3-4-6-9(8)12/h3-6H,7,12H2,1-2H3. The van der Waals surface area contributed by atoms with E-state index in [1.54, 1.807) is 23.1 Å². The highest BCUT2D eigenvalue weighted by molar-refractivity contribution is 8.00. The van der Waals surface area contributed by atoms with Gasteiger partial charge in [-0.25, -0.2) is 0 Å². The monoisotopic (exact) mass is 266 g/mol. The zero-order chi connectivity index (χ0) is 12.3. The molecule has 4 nitrogen and oxygen atoms in total. The summed E-state index contributed by atoms with van der Waals surface area (Å²) < 4.78 is 0.969. The number of nitrogen functional groups attached to an aromatic ring is 1. The maximum absolute atomic E-state index is 5.88. The van der Waals surface area contributed by atoms with Crippen LogP contribution in [0.5, 0.6) is 0 Å². The Labute approximate surface area is 109 Å². The maximum Gasteiger partial charge on any atom is 0.208 e. The summed E-state index contributed by atoms with van der Waals surface area (Å²) in [6, 6.07) is 7.90. The normalized spacial score (nSPS) is 10.5. The van der Waals surface area contributed by atoms with Gasteiger partial charge in [0.1, 0.15) is 0 Å². The molecule has 1 aromatic heterocycles. The minimum absolute atomic E-state index is 0.828. The Kier molecular flexibility index (Phi) is 3.86. The summed E-state index contributed by atoms with van der Waals surface area (Å²) >= 11 is 3.26. The summed E-state index contributed by atoms with van der Waals surface area (Å²) in [6.07, 6.45) is 0. The quantitative estimate of drug-likeness (QED) is 0.680. The lowest BCUT2D eigenvalue weighted by atomic mass is 10.2. The molecule has 0 unspecified atom stereocenters. The second-order valence-corrected chi connectivity index (χ2v) is 5.91. The number of anilines is 2. The summed E-state index contributed by atoms with van der Waals surface area (Å²) in [5.41, 5.74) is 7.85. The van der Waals surface area contributed by atoms with Crippen LogP contribution in [-0.4, -0.2) is 24.3 Å². The summed E-state index contributed by atoms with van der Waals surface area (Å²) in [6.45, 7) is 0. The van der Waals surface area contributed by atoms with Gasteiger partial charge in [-0.3, -0.25) is 0 Å². The average Bonchev–Trinajstić information content (AvgIpc) is 2.77. The SMILES string of the molecule is CN(C)c1nnc(SCc2ccccc2N)s1. The van der Waals surface area contributed by atoms with Gasteiger partial charge in [-0.15, -0.1) is 10.2 Å². The van der Waals surface area contributed by atoms with Crippen molar-refractivity contribution in [2.24, 2.45) is 0 Å². The fourth-order valence-corrected chi connectivity index (χ4v) is 3.03. The van der Waals surface area contributed by atoms with Gasteiger partial charge in [0, 0.05) is 25.5 Å². The number of nitrogens with two attached hydrogens (primary N) is 1. The van der Waals surface area contributed by atoms with Gasteiger partial charge in [-0.05, 0) is 11.6 Å². The first-order valence-corrected chi connectivity index (χ1v) is 6.94. The molecule has 0 aliphatic carbocycles. The number of para-hydroxylation sites is 1. The van der Waals surface area contributed by atoms with Crippen molar-refractivity contribution in [3.8, 4) is 0 Å². The third-order valence-electron chi connectivity index (χ3n) is 2.18. The van der Waals surface area contributed by atoms with Gasteiger partial charge in [0.25, 0.3) is 0 Å². The van der Waals surface area contributed by atoms with Crippen molar-refractivity contribution in [3.05, 3.63) is 29.8 Å². The van der Waals surface area contributed by atoms with Crippen LogP contribution in [0, 0.1) is 0 Å². The third-order valence-corrected chi connectivity index (χ3v) is 4.46. The van der Waals surface area contributed by atoms with Crippen molar-refractivity contribution >= 4 is 33.9 Å². The number of hydrogen-bond donors (Lipinski definition) is 1. The van der Waals surface area contributed by atoms with Crippen molar-refractivity contribution in [3.63, 3.8) is 0 Å². The van der Waals surface area contributed by atoms with Crippen LogP contribution in [0.3, 0.4) is 0 Å². The van der Waals surface area contributed by atoms with Crippen LogP contribution in [0.1, 0.15) is 5.56 Å². The number of thioether (sulfide) groups is 1. The van der Waals surface area contributed by atoms with E-state index in [-0.39, 0.29) is 0 Å². The molecule has 1 heterocycles. The summed E-state index contributed by atoms with van der Waals surface area (Å²) in [5.74, 6) is 0.828. The van der Waals surface area contributed by atoms with Crippen molar-refractivity contribution in [2.75, 3.05) is 24.7 Å². The van der Waals surface area contributed by atoms with Crippen LogP contribution >= 0.6 is 23.1 Å². The molecule has 0 amide bonds. The minimum Gasteiger partial charge on any atom is -0.398 e. The molecule has 2 N–H and O–H groups in total. The van der Waals surface area contributed by atoms with Crippen molar-refractivity contribution in [1.82, 2.24) is 10.2 Å². The Balaban J connectivity index is 2.00. The number of rotatable bonds is 4. The van der Waals surface area contributed by atoms with E-state index in [1.807, 2.05) is 43.3 Å². The van der Waals surface area contributed by atoms with Crippen LogP contribution in [-0.2, 0) is 5.75 Å². The first kappa shape index (κ1) is 12.2. The van der Waals surface area contributed by atoms with E-state index in [9.17, 15) is 0 Å². The molecular weight excluding hydrogens is 252 g/mol. The van der Waals surface area contributed by atoms with E-state index in [4.69, 9.17) is 5.73 Å². The molecule has 0 aliphatic heterocycles. The van der Waals surface area contributed by atoms with Crippen LogP contribution < -0.4 is 10.6 Å². The number of aromatic nitrogens is 2. The van der Waals surface area contributed by atoms with Gasteiger partial charge in [-0.2, -0.15) is 0 Å². The highest BCUT2D eigenvalue weighted by Gasteiger charge is 2.07. The molecule has 1 aromatic carbocycles. The molecule has 0 radical (unpaired) electrons. The molecule has 90 valence electrons. The Bertz CT molecular complexity index is 496. The van der Waals surface area contributed by atoms with Crippen LogP contribution in [0.2, 0.25) is 0 Å². The lowest BCUT2D eigenvalue weighted by Gasteiger charge is -2.04. The Morgan fingerprint density at radius 3 is 2.71 bits per heavy atom. The van der Waals surface area contributed by atoms with E-state index in [2.05, 4.69) is 10.2 Å². The van der Waals surface area contributed by atoms with Gasteiger partial charge in [0.05, 0.1) is 0 Å². The Morgan fingerprint density at radius 2 is 2.06 bits per heavy atom. The molecule has 17 heavy (non-hydrogen) atoms. The van der Waals surface area contributed by atoms with Gasteiger partial charge >= 0.3 is 0 Å². The topological polar surface area (TPSA) is 55.0 Å². The second-order valence-electron chi connectivity index (χ2n) is 3.73. The number of nitrogens with zero attached hydrogens (tertiary/aromatic N) is 3. The van der Waals surface area contributed by atoms with Gasteiger partial charge in [0.2, 0.25) is 5.13 Å². The van der Waals surface area contributed by atoms with E-state index in [1.165, 1.54) is 0 Å². The highest BCUT2D eigenvalue weighted by atomic mass is 32.2. The molecule has 6 heteroatoms. The highest BCUT2D eigenvalue weighted by Crippen LogP contribution is 2.30. The predicted molar refractivity (Wildman–Crippen MR) is 74.7 cm³/mol. The minimum atomic E-state index is 0.828. The Morgan fingerprint density at radius 1 is 1.29 bits per heavy atom. The molecule has 0 fully saturated rings. The fourth-order valence-electron chi connectivity index (χ4n) is 1.25. The van der Waals surface area contributed by atoms with Crippen molar-refractivity contribution in [2.45, 2.75) is 10.1 Å². The van der Waals surface area contributed by atoms with Crippen molar-refractivity contribution in [1.29, 1.82) is 0 Å². The van der Waals surface area contributed by atoms with E-state index >= 15 is 0 Å². The van der Waals surface area contributed by atoms with Gasteiger partial charge in [0.15, 0.2) is 4.34 Å². The average molecular weight is 266 g/mol. The molecule has 0 saturated carbocycles. The molecular formula is C11H14N4S2. The van der Waals surface area contributed by atoms with E-state index < -0.39 is 0 Å². The van der Waals surface area contributed by atoms with Gasteiger partial charge < -0.3 is 10.6 Å². The largest absolute Gasteiger partial charge is 0.398 e. The molecule has 0 spiro atoms. The van der Waals surface area contributed by atoms with Gasteiger partial charge in [-0.1, -0.05) is 41.3 Å². The smallest absolute Gasteiger partial charge is 0.208 e. The summed E-state index contributed by atoms with van der Waals surface area (Å²) in [4.78, 5) is 1.96. The third kappa shape index (κ3) is 3.10. The zero-order valence-electron chi connectivity index (χ0n) is 9.75. The second kappa shape index (κ2) is 5.37. The van der Waals surface area contributed by atoms with Crippen LogP contribution in [0.25, 0.3) is 0 Å². The number of hydrogen-bond acceptors (Lipinski definition) is 6. The molecule has 2 aromatic rings. The van der Waals surface area contributed by atoms with E-state index in [0.29, 0.717) is 0 Å². The van der Waals surface area contributed by atoms with Crippen LogP contribution in [0.4, 0.5) is 10.8 Å². The first-order chi connectivity index (χ1) is 8.16. The summed E-state index contributed by atoms with van der Waals surface area (Å²) in [5, 5.41) is 9.15. The van der Waals surface area contributed by atoms with E-state index in [0.717, 1.165) is 26.5 Å². The Hall–Kier alpha value is -1.27. The van der Waals surface area contributed by atoms with Crippen LogP contribution in [0.15, 0.2) is 28.6 Å². The number of benzene rings is 1. The molecule has 0 saturated heterocycles. The zero-order valence-corrected chi connectivity index (χ0v) is 11.4. The lowest BCUT2D eigenvalue weighted by Crippen LogP contribution is -2.07. The maximum atomic E-state index is 5.88. The molecule has 2 rings (SSSR count). The summed E-state index contributed by atoms with van der Waals surface area (Å²) in [7, 11) is 3.92. The molecule has 0 aliphatic rings.